The predicted octanol–water partition coefficient (Wildman–Crippen LogP) is 4.84. The molecule has 0 aliphatic carbocycles. The third-order valence-electron chi connectivity index (χ3n) is 4.96. The number of quaternary nitrogens is 1. The molecule has 1 heterocycles. The molecule has 0 bridgehead atoms. The smallest absolute Gasteiger partial charge is 0.416 e. The van der Waals surface area contributed by atoms with Crippen LogP contribution in [0.2, 0.25) is 0 Å². The van der Waals surface area contributed by atoms with Gasteiger partial charge in [0.15, 0.2) is 11.5 Å². The van der Waals surface area contributed by atoms with E-state index in [4.69, 9.17) is 4.74 Å². The first-order valence-corrected chi connectivity index (χ1v) is 9.67. The lowest BCUT2D eigenvalue weighted by Gasteiger charge is -2.42. The van der Waals surface area contributed by atoms with Crippen LogP contribution in [0.3, 0.4) is 0 Å². The quantitative estimate of drug-likeness (QED) is 0.388. The fourth-order valence-electron chi connectivity index (χ4n) is 3.34. The summed E-state index contributed by atoms with van der Waals surface area (Å²) in [6.07, 6.45) is -5.04. The fraction of sp³-hybridized carbons (Fsp3) is 0.600. The second kappa shape index (κ2) is 8.50. The van der Waals surface area contributed by atoms with E-state index < -0.39 is 58.0 Å². The summed E-state index contributed by atoms with van der Waals surface area (Å²) in [4.78, 5) is 26.5. The average Bonchev–Trinajstić information content (AvgIpc) is 2.65. The lowest BCUT2D eigenvalue weighted by molar-refractivity contribution is -0.138. The maximum atomic E-state index is 14.3. The first kappa shape index (κ1) is 24.1. The first-order valence-electron chi connectivity index (χ1n) is 9.67. The van der Waals surface area contributed by atoms with Crippen LogP contribution in [0.1, 0.15) is 46.1 Å². The number of hydrogen-bond donors (Lipinski definition) is 0. The molecule has 168 valence electrons. The highest BCUT2D eigenvalue weighted by Crippen LogP contribution is 2.37. The van der Waals surface area contributed by atoms with Crippen LogP contribution < -0.4 is 4.65 Å². The maximum absolute atomic E-state index is 14.3. The van der Waals surface area contributed by atoms with Gasteiger partial charge in [0.2, 0.25) is 0 Å². The molecule has 1 aliphatic rings. The number of piperidine rings is 1. The molecule has 0 N–H and O–H groups in total. The number of hydroxylamine groups is 2. The molecule has 0 radical (unpaired) electrons. The van der Waals surface area contributed by atoms with Crippen LogP contribution in [0.15, 0.2) is 18.2 Å². The molecule has 1 aromatic rings. The summed E-state index contributed by atoms with van der Waals surface area (Å²) in [5.41, 5.74) is -2.74. The Bertz CT molecular complexity index is 799. The van der Waals surface area contributed by atoms with Crippen LogP contribution in [0.5, 0.6) is 0 Å². The van der Waals surface area contributed by atoms with Crippen LogP contribution in [0, 0.1) is 16.9 Å². The van der Waals surface area contributed by atoms with Crippen molar-refractivity contribution in [1.82, 2.24) is 9.55 Å². The predicted molar refractivity (Wildman–Crippen MR) is 103 cm³/mol. The Morgan fingerprint density at radius 2 is 1.77 bits per heavy atom. The monoisotopic (exact) mass is 434 g/mol. The highest BCUT2D eigenvalue weighted by Gasteiger charge is 2.41. The minimum absolute atomic E-state index is 0.140. The van der Waals surface area contributed by atoms with Crippen LogP contribution in [-0.4, -0.2) is 42.1 Å². The van der Waals surface area contributed by atoms with Gasteiger partial charge in [0.25, 0.3) is 0 Å². The number of amides is 2. The summed E-state index contributed by atoms with van der Waals surface area (Å²) in [5.74, 6) is -2.89. The summed E-state index contributed by atoms with van der Waals surface area (Å²) in [6.45, 7) is 6.32. The van der Waals surface area contributed by atoms with Crippen molar-refractivity contribution >= 4 is 17.7 Å². The molecule has 1 saturated heterocycles. The normalized spacial score (nSPS) is 18.1. The van der Waals surface area contributed by atoms with Gasteiger partial charge >= 0.3 is 18.2 Å². The standard InChI is InChI=1S/C20H26F4N2O4/c1-5-26(29,16-12-14(20(22,23)24)6-7-15(16)21)17(27)13-8-10-25(11-9-13)18(28)30-19(2,3)4/h6-7,12-13H,5,8-11H2,1-4H3. The molecule has 1 unspecified atom stereocenters. The SMILES string of the molecule is CC[N+]([O-])(C(=O)C1CCN(C(=O)OC(C)(C)C)CC1)c1cc(C(F)(F)F)ccc1F. The Balaban J connectivity index is 2.20. The Labute approximate surface area is 172 Å². The van der Waals surface area contributed by atoms with Crippen molar-refractivity contribution in [2.45, 2.75) is 52.3 Å². The number of likely N-dealkylation sites (tertiary alicyclic amines) is 1. The molecule has 0 spiro atoms. The van der Waals surface area contributed by atoms with E-state index >= 15 is 0 Å². The number of ether oxygens (including phenoxy) is 1. The number of hydrogen-bond acceptors (Lipinski definition) is 4. The molecule has 0 aromatic heterocycles. The highest BCUT2D eigenvalue weighted by molar-refractivity contribution is 5.91. The minimum Gasteiger partial charge on any atom is -0.620 e. The summed E-state index contributed by atoms with van der Waals surface area (Å²) < 4.78 is 56.8. The molecular weight excluding hydrogens is 408 g/mol. The second-order valence-electron chi connectivity index (χ2n) is 8.30. The number of carbonyl (C=O) groups is 2. The summed E-state index contributed by atoms with van der Waals surface area (Å²) in [5, 5.41) is 13.3. The number of rotatable bonds is 3. The maximum Gasteiger partial charge on any atom is 0.416 e. The Morgan fingerprint density at radius 3 is 2.23 bits per heavy atom. The molecule has 0 saturated carbocycles. The third kappa shape index (κ3) is 5.28. The first-order chi connectivity index (χ1) is 13.7. The van der Waals surface area contributed by atoms with Gasteiger partial charge in [-0.15, -0.1) is 0 Å². The molecule has 2 amide bonds. The van der Waals surface area contributed by atoms with E-state index in [9.17, 15) is 32.4 Å². The topological polar surface area (TPSA) is 69.7 Å². The van der Waals surface area contributed by atoms with Gasteiger partial charge in [0, 0.05) is 19.2 Å². The van der Waals surface area contributed by atoms with Crippen molar-refractivity contribution in [2.75, 3.05) is 19.6 Å². The average molecular weight is 434 g/mol. The van der Waals surface area contributed by atoms with Crippen molar-refractivity contribution in [3.05, 3.63) is 34.8 Å². The zero-order valence-electron chi connectivity index (χ0n) is 17.4. The lowest BCUT2D eigenvalue weighted by atomic mass is 9.94. The van der Waals surface area contributed by atoms with Crippen molar-refractivity contribution < 1.29 is 31.9 Å². The summed E-state index contributed by atoms with van der Waals surface area (Å²) >= 11 is 0. The number of halogens is 4. The van der Waals surface area contributed by atoms with E-state index in [1.54, 1.807) is 20.8 Å². The number of alkyl halides is 3. The van der Waals surface area contributed by atoms with Gasteiger partial charge in [-0.05, 0) is 52.7 Å². The molecule has 30 heavy (non-hydrogen) atoms. The van der Waals surface area contributed by atoms with Crippen LogP contribution in [-0.2, 0) is 15.7 Å². The van der Waals surface area contributed by atoms with Gasteiger partial charge in [-0.2, -0.15) is 13.2 Å². The third-order valence-corrected chi connectivity index (χ3v) is 4.96. The zero-order valence-corrected chi connectivity index (χ0v) is 17.4. The highest BCUT2D eigenvalue weighted by atomic mass is 19.4. The van der Waals surface area contributed by atoms with Gasteiger partial charge in [0.05, 0.1) is 18.0 Å². The fourth-order valence-corrected chi connectivity index (χ4v) is 3.34. The molecule has 1 atom stereocenters. The number of nitrogens with zero attached hydrogens (tertiary/aromatic N) is 2. The van der Waals surface area contributed by atoms with Gasteiger partial charge in [-0.1, -0.05) is 0 Å². The van der Waals surface area contributed by atoms with Crippen LogP contribution >= 0.6 is 0 Å². The molecule has 1 aliphatic heterocycles. The molecular formula is C20H26F4N2O4. The molecule has 6 nitrogen and oxygen atoms in total. The van der Waals surface area contributed by atoms with Gasteiger partial charge in [0.1, 0.15) is 5.60 Å². The van der Waals surface area contributed by atoms with Crippen LogP contribution in [0.25, 0.3) is 0 Å². The Kier molecular flexibility index (Phi) is 6.82. The summed E-state index contributed by atoms with van der Waals surface area (Å²) in [7, 11) is 0. The van der Waals surface area contributed by atoms with E-state index in [2.05, 4.69) is 0 Å². The van der Waals surface area contributed by atoms with E-state index in [1.807, 2.05) is 0 Å². The second-order valence-corrected chi connectivity index (χ2v) is 8.30. The van der Waals surface area contributed by atoms with E-state index in [0.29, 0.717) is 18.2 Å². The minimum atomic E-state index is -4.77. The zero-order chi connectivity index (χ0) is 22.9. The number of carbonyl (C=O) groups excluding carboxylic acids is 2. The molecule has 10 heteroatoms. The largest absolute Gasteiger partial charge is 0.620 e. The Morgan fingerprint density at radius 1 is 1.20 bits per heavy atom. The lowest BCUT2D eigenvalue weighted by Crippen LogP contribution is -2.54. The van der Waals surface area contributed by atoms with E-state index in [1.165, 1.54) is 11.8 Å². The van der Waals surface area contributed by atoms with E-state index in [0.717, 1.165) is 0 Å². The molecule has 1 aromatic carbocycles. The van der Waals surface area contributed by atoms with Crippen molar-refractivity contribution in [3.8, 4) is 0 Å². The van der Waals surface area contributed by atoms with E-state index in [-0.39, 0.29) is 25.9 Å². The Hall–Kier alpha value is -2.20. The van der Waals surface area contributed by atoms with Gasteiger partial charge in [-0.3, -0.25) is 4.65 Å². The van der Waals surface area contributed by atoms with Crippen molar-refractivity contribution in [3.63, 3.8) is 0 Å². The van der Waals surface area contributed by atoms with Crippen molar-refractivity contribution in [1.29, 1.82) is 0 Å². The van der Waals surface area contributed by atoms with Crippen LogP contribution in [0.4, 0.5) is 28.0 Å². The van der Waals surface area contributed by atoms with Gasteiger partial charge in [-0.25, -0.2) is 14.0 Å². The van der Waals surface area contributed by atoms with Crippen molar-refractivity contribution in [2.24, 2.45) is 5.92 Å². The molecule has 2 rings (SSSR count). The number of benzene rings is 1. The van der Waals surface area contributed by atoms with Gasteiger partial charge < -0.3 is 14.8 Å². The summed E-state index contributed by atoms with van der Waals surface area (Å²) in [6, 6.07) is 1.49. The molecule has 1 fully saturated rings.